The zero-order valence-corrected chi connectivity index (χ0v) is 23.5. The van der Waals surface area contributed by atoms with Crippen LogP contribution in [0.15, 0.2) is 78.4 Å². The van der Waals surface area contributed by atoms with Gasteiger partial charge < -0.3 is 14.9 Å². The zero-order valence-electron chi connectivity index (χ0n) is 23.5. The van der Waals surface area contributed by atoms with Gasteiger partial charge in [0.2, 0.25) is 0 Å². The molecule has 11 heteroatoms. The molecule has 4 aromatic rings. The smallest absolute Gasteiger partial charge is 0.380 e. The van der Waals surface area contributed by atoms with Crippen molar-refractivity contribution in [2.75, 3.05) is 19.8 Å². The number of benzene rings is 3. The maximum Gasteiger partial charge on any atom is 0.493 e. The molecule has 0 saturated carbocycles. The van der Waals surface area contributed by atoms with Gasteiger partial charge in [0.15, 0.2) is 0 Å². The van der Waals surface area contributed by atoms with E-state index in [9.17, 15) is 22.8 Å². The predicted octanol–water partition coefficient (Wildman–Crippen LogP) is 5.64. The van der Waals surface area contributed by atoms with Gasteiger partial charge >= 0.3 is 12.1 Å². The van der Waals surface area contributed by atoms with E-state index >= 15 is 0 Å². The van der Waals surface area contributed by atoms with Crippen LogP contribution in [0.25, 0.3) is 29.1 Å². The van der Waals surface area contributed by atoms with Gasteiger partial charge in [0.25, 0.3) is 5.91 Å². The summed E-state index contributed by atoms with van der Waals surface area (Å²) >= 11 is 0. The first-order valence-electron chi connectivity index (χ1n) is 14.2. The maximum atomic E-state index is 13.1. The molecule has 0 unspecified atom stereocenters. The molecule has 0 bridgehead atoms. The molecule has 0 spiro atoms. The van der Waals surface area contributed by atoms with E-state index < -0.39 is 24.0 Å². The van der Waals surface area contributed by atoms with Crippen LogP contribution in [0.4, 0.5) is 13.2 Å². The van der Waals surface area contributed by atoms with Gasteiger partial charge in [-0.25, -0.2) is 4.79 Å². The molecule has 2 saturated heterocycles. The Morgan fingerprint density at radius 2 is 1.84 bits per heavy atom. The minimum absolute atomic E-state index is 0.209. The van der Waals surface area contributed by atoms with Crippen molar-refractivity contribution in [2.24, 2.45) is 0 Å². The van der Waals surface area contributed by atoms with E-state index in [-0.39, 0.29) is 12.1 Å². The summed E-state index contributed by atoms with van der Waals surface area (Å²) in [4.78, 5) is 29.0. The summed E-state index contributed by atoms with van der Waals surface area (Å²) < 4.78 is 43.9. The molecule has 2 N–H and O–H groups in total. The standard InChI is InChI=1S/C33H29F3N4O4/c34-33(35,36)32(42)44-40-19-28(24-4-2-1-3-5-24)27(31(40)41)16-23-10-12-26-29(38-39-30(26)17-23)13-11-21-6-8-22(9-7-21)18-37-25-14-15-43-20-25/h1-13,16-17,25,28,37H,14-15,18-20H2,(H,38,39)/b13-11+,27-16+/t25-,28-/m1/s1. The zero-order chi connectivity index (χ0) is 30.7. The van der Waals surface area contributed by atoms with Crippen LogP contribution in [0, 0.1) is 0 Å². The Kier molecular flexibility index (Phi) is 8.32. The highest BCUT2D eigenvalue weighted by Gasteiger charge is 2.46. The highest BCUT2D eigenvalue weighted by Crippen LogP contribution is 2.36. The summed E-state index contributed by atoms with van der Waals surface area (Å²) in [5.74, 6) is -3.85. The van der Waals surface area contributed by atoms with Crippen LogP contribution < -0.4 is 5.32 Å². The number of hydrogen-bond donors (Lipinski definition) is 2. The summed E-state index contributed by atoms with van der Waals surface area (Å²) in [6.45, 7) is 2.12. The molecule has 44 heavy (non-hydrogen) atoms. The number of ether oxygens (including phenoxy) is 1. The van der Waals surface area contributed by atoms with E-state index in [1.54, 1.807) is 42.5 Å². The largest absolute Gasteiger partial charge is 0.493 e. The van der Waals surface area contributed by atoms with E-state index in [1.165, 1.54) is 5.56 Å². The summed E-state index contributed by atoms with van der Waals surface area (Å²) in [7, 11) is 0. The van der Waals surface area contributed by atoms with Gasteiger partial charge in [0.05, 0.1) is 24.4 Å². The molecule has 2 atom stereocenters. The molecule has 6 rings (SSSR count). The number of alkyl halides is 3. The monoisotopic (exact) mass is 602 g/mol. The number of carbonyl (C=O) groups is 2. The van der Waals surface area contributed by atoms with Crippen molar-refractivity contribution in [3.05, 3.63) is 106 Å². The van der Waals surface area contributed by atoms with Gasteiger partial charge in [-0.15, -0.1) is 0 Å². The fourth-order valence-corrected chi connectivity index (χ4v) is 5.34. The lowest BCUT2D eigenvalue weighted by molar-refractivity contribution is -0.233. The van der Waals surface area contributed by atoms with Gasteiger partial charge in [-0.3, -0.25) is 9.89 Å². The number of rotatable bonds is 8. The molecule has 2 aliphatic heterocycles. The molecule has 8 nitrogen and oxygen atoms in total. The third-order valence-electron chi connectivity index (χ3n) is 7.70. The number of aromatic amines is 1. The molecular weight excluding hydrogens is 573 g/mol. The Hall–Kier alpha value is -4.74. The Morgan fingerprint density at radius 1 is 1.07 bits per heavy atom. The highest BCUT2D eigenvalue weighted by molar-refractivity contribution is 6.02. The van der Waals surface area contributed by atoms with Gasteiger partial charge in [-0.1, -0.05) is 66.7 Å². The Balaban J connectivity index is 1.19. The molecule has 1 amide bonds. The van der Waals surface area contributed by atoms with E-state index in [2.05, 4.69) is 44.6 Å². The third-order valence-corrected chi connectivity index (χ3v) is 7.70. The van der Waals surface area contributed by atoms with Crippen LogP contribution in [0.3, 0.4) is 0 Å². The predicted molar refractivity (Wildman–Crippen MR) is 159 cm³/mol. The second-order valence-corrected chi connectivity index (χ2v) is 10.7. The van der Waals surface area contributed by atoms with Gasteiger partial charge in [0, 0.05) is 36.1 Å². The van der Waals surface area contributed by atoms with Gasteiger partial charge in [-0.2, -0.15) is 23.3 Å². The van der Waals surface area contributed by atoms with Crippen LogP contribution >= 0.6 is 0 Å². The molecule has 0 aliphatic carbocycles. The molecule has 1 aromatic heterocycles. The SMILES string of the molecule is O=C1/C(=C/c2ccc3c(/C=C/c4ccc(CN[C@@H]5CCOC5)cc4)n[nH]c3c2)[C@@H](c2ccccc2)CN1OC(=O)C(F)(F)F. The number of hydroxylamine groups is 2. The van der Waals surface area contributed by atoms with E-state index in [0.29, 0.717) is 22.2 Å². The Labute approximate surface area is 251 Å². The second-order valence-electron chi connectivity index (χ2n) is 10.7. The number of hydrogen-bond acceptors (Lipinski definition) is 6. The summed E-state index contributed by atoms with van der Waals surface area (Å²) in [6.07, 6.45) is 1.31. The van der Waals surface area contributed by atoms with E-state index in [4.69, 9.17) is 4.74 Å². The second kappa shape index (κ2) is 12.5. The summed E-state index contributed by atoms with van der Waals surface area (Å²) in [5.41, 5.74) is 5.23. The lowest BCUT2D eigenvalue weighted by Gasteiger charge is -2.16. The number of H-pyrrole nitrogens is 1. The Bertz CT molecular complexity index is 1710. The lowest BCUT2D eigenvalue weighted by atomic mass is 9.92. The first-order chi connectivity index (χ1) is 21.2. The van der Waals surface area contributed by atoms with Crippen LogP contribution in [-0.4, -0.2) is 59.1 Å². The average molecular weight is 603 g/mol. The number of amides is 1. The van der Waals surface area contributed by atoms with Crippen molar-refractivity contribution in [2.45, 2.75) is 31.1 Å². The summed E-state index contributed by atoms with van der Waals surface area (Å²) in [6, 6.07) is 23.0. The number of nitrogens with one attached hydrogen (secondary N) is 2. The van der Waals surface area contributed by atoms with E-state index in [0.717, 1.165) is 48.3 Å². The van der Waals surface area contributed by atoms with Gasteiger partial charge in [0.1, 0.15) is 0 Å². The topological polar surface area (TPSA) is 96.5 Å². The molecule has 0 radical (unpaired) electrons. The highest BCUT2D eigenvalue weighted by atomic mass is 19.4. The first kappa shape index (κ1) is 29.3. The van der Waals surface area contributed by atoms with Crippen molar-refractivity contribution >= 4 is 41.0 Å². The molecular formula is C33H29F3N4O4. The normalized spacial score (nSPS) is 19.9. The minimum Gasteiger partial charge on any atom is -0.380 e. The third kappa shape index (κ3) is 6.58. The van der Waals surface area contributed by atoms with E-state index in [1.807, 2.05) is 24.3 Å². The number of halogens is 3. The fraction of sp³-hybridized carbons (Fsp3) is 0.242. The number of aromatic nitrogens is 2. The fourth-order valence-electron chi connectivity index (χ4n) is 5.34. The molecule has 2 aliphatic rings. The molecule has 226 valence electrons. The summed E-state index contributed by atoms with van der Waals surface area (Å²) in [5, 5.41) is 12.3. The lowest BCUT2D eigenvalue weighted by Crippen LogP contribution is -2.35. The minimum atomic E-state index is -5.22. The Morgan fingerprint density at radius 3 is 2.57 bits per heavy atom. The van der Waals surface area contributed by atoms with Crippen molar-refractivity contribution in [1.82, 2.24) is 20.6 Å². The maximum absolute atomic E-state index is 13.1. The first-order valence-corrected chi connectivity index (χ1v) is 14.2. The van der Waals surface area contributed by atoms with Crippen LogP contribution in [0.1, 0.15) is 40.3 Å². The van der Waals surface area contributed by atoms with Crippen LogP contribution in [-0.2, 0) is 25.7 Å². The van der Waals surface area contributed by atoms with Crippen molar-refractivity contribution in [3.63, 3.8) is 0 Å². The molecule has 3 heterocycles. The van der Waals surface area contributed by atoms with Gasteiger partial charge in [-0.05, 0) is 53.0 Å². The van der Waals surface area contributed by atoms with Crippen molar-refractivity contribution in [1.29, 1.82) is 0 Å². The number of fused-ring (bicyclic) bond motifs is 1. The quantitative estimate of drug-likeness (QED) is 0.254. The van der Waals surface area contributed by atoms with Crippen LogP contribution in [0.5, 0.6) is 0 Å². The van der Waals surface area contributed by atoms with Crippen molar-refractivity contribution in [3.8, 4) is 0 Å². The molecule has 3 aromatic carbocycles. The number of carbonyl (C=O) groups excluding carboxylic acids is 2. The molecule has 2 fully saturated rings. The number of nitrogens with zero attached hydrogens (tertiary/aromatic N) is 2. The average Bonchev–Trinajstić information content (AvgIpc) is 3.76. The van der Waals surface area contributed by atoms with Crippen LogP contribution in [0.2, 0.25) is 0 Å². The van der Waals surface area contributed by atoms with Crippen molar-refractivity contribution < 1.29 is 32.3 Å².